The lowest BCUT2D eigenvalue weighted by molar-refractivity contribution is 0.396. The fraction of sp³-hybridized carbons (Fsp3) is 0.519. The van der Waals surface area contributed by atoms with Crippen molar-refractivity contribution in [3.8, 4) is 6.07 Å². The summed E-state index contributed by atoms with van der Waals surface area (Å²) in [5.74, 6) is 2.21. The molecule has 1 atom stereocenters. The highest BCUT2D eigenvalue weighted by Crippen LogP contribution is 2.40. The molecule has 0 amide bonds. The molecular weight excluding hydrogens is 338 g/mol. The van der Waals surface area contributed by atoms with Crippen molar-refractivity contribution in [1.29, 1.82) is 5.26 Å². The standard InChI is InChI=1S/C27H35N/c1-3-5-6-21(4-2)19-22-7-11-24(12-8-22)26-15-17-27(18-16-26)25-13-9-23(20-28)10-14-25/h7-14,21,26-27H,3-6,15-19H2,1-2H3. The molecule has 0 N–H and O–H groups in total. The first-order chi connectivity index (χ1) is 13.7. The van der Waals surface area contributed by atoms with Gasteiger partial charge in [0.2, 0.25) is 0 Å². The average Bonchev–Trinajstić information content (AvgIpc) is 2.77. The Morgan fingerprint density at radius 1 is 0.857 bits per heavy atom. The highest BCUT2D eigenvalue weighted by Gasteiger charge is 2.23. The largest absolute Gasteiger partial charge is 0.192 e. The van der Waals surface area contributed by atoms with Gasteiger partial charge in [-0.15, -0.1) is 0 Å². The number of unbranched alkanes of at least 4 members (excludes halogenated alkanes) is 1. The van der Waals surface area contributed by atoms with E-state index in [-0.39, 0.29) is 0 Å². The van der Waals surface area contributed by atoms with Crippen molar-refractivity contribution in [3.05, 3.63) is 70.8 Å². The van der Waals surface area contributed by atoms with Crippen LogP contribution in [0, 0.1) is 17.2 Å². The summed E-state index contributed by atoms with van der Waals surface area (Å²) in [6.45, 7) is 4.62. The van der Waals surface area contributed by atoms with Crippen LogP contribution in [0.3, 0.4) is 0 Å². The second-order valence-corrected chi connectivity index (χ2v) is 8.64. The van der Waals surface area contributed by atoms with E-state index in [4.69, 9.17) is 5.26 Å². The Labute approximate surface area is 171 Å². The van der Waals surface area contributed by atoms with Crippen molar-refractivity contribution >= 4 is 0 Å². The molecule has 0 saturated heterocycles. The van der Waals surface area contributed by atoms with Crippen molar-refractivity contribution in [2.24, 2.45) is 5.92 Å². The zero-order valence-electron chi connectivity index (χ0n) is 17.7. The van der Waals surface area contributed by atoms with E-state index in [0.717, 1.165) is 11.5 Å². The van der Waals surface area contributed by atoms with Gasteiger partial charge in [-0.05, 0) is 78.7 Å². The predicted molar refractivity (Wildman–Crippen MR) is 119 cm³/mol. The van der Waals surface area contributed by atoms with E-state index in [1.807, 2.05) is 12.1 Å². The van der Waals surface area contributed by atoms with Crippen molar-refractivity contribution in [2.45, 2.75) is 83.5 Å². The minimum absolute atomic E-state index is 0.659. The van der Waals surface area contributed by atoms with Crippen LogP contribution >= 0.6 is 0 Å². The molecule has 0 spiro atoms. The second kappa shape index (κ2) is 10.5. The molecule has 0 aliphatic heterocycles. The lowest BCUT2D eigenvalue weighted by atomic mass is 9.76. The molecule has 0 bridgehead atoms. The van der Waals surface area contributed by atoms with Gasteiger partial charge in [0.25, 0.3) is 0 Å². The summed E-state index contributed by atoms with van der Waals surface area (Å²) >= 11 is 0. The molecule has 1 unspecified atom stereocenters. The topological polar surface area (TPSA) is 23.8 Å². The molecule has 1 nitrogen and oxygen atoms in total. The summed E-state index contributed by atoms with van der Waals surface area (Å²) in [4.78, 5) is 0. The van der Waals surface area contributed by atoms with Gasteiger partial charge in [-0.2, -0.15) is 5.26 Å². The van der Waals surface area contributed by atoms with Gasteiger partial charge >= 0.3 is 0 Å². The van der Waals surface area contributed by atoms with Crippen molar-refractivity contribution < 1.29 is 0 Å². The maximum Gasteiger partial charge on any atom is 0.0991 e. The molecule has 148 valence electrons. The summed E-state index contributed by atoms with van der Waals surface area (Å²) < 4.78 is 0. The SMILES string of the molecule is CCCCC(CC)Cc1ccc(C2CCC(c3ccc(C#N)cc3)CC2)cc1. The Kier molecular flexibility index (Phi) is 7.72. The molecule has 0 aromatic heterocycles. The van der Waals surface area contributed by atoms with Crippen LogP contribution in [-0.4, -0.2) is 0 Å². The number of nitriles is 1. The molecule has 1 aliphatic rings. The molecule has 28 heavy (non-hydrogen) atoms. The molecule has 2 aromatic carbocycles. The van der Waals surface area contributed by atoms with Crippen LogP contribution in [0.2, 0.25) is 0 Å². The Balaban J connectivity index is 1.53. The quantitative estimate of drug-likeness (QED) is 0.464. The van der Waals surface area contributed by atoms with E-state index in [0.29, 0.717) is 11.8 Å². The van der Waals surface area contributed by atoms with E-state index in [1.165, 1.54) is 74.5 Å². The Hall–Kier alpha value is -2.07. The van der Waals surface area contributed by atoms with Gasteiger partial charge in [-0.1, -0.05) is 75.9 Å². The lowest BCUT2D eigenvalue weighted by Crippen LogP contribution is -2.12. The minimum Gasteiger partial charge on any atom is -0.192 e. The zero-order chi connectivity index (χ0) is 19.8. The third kappa shape index (κ3) is 5.48. The number of hydrogen-bond donors (Lipinski definition) is 0. The van der Waals surface area contributed by atoms with Gasteiger partial charge in [0, 0.05) is 0 Å². The summed E-state index contributed by atoms with van der Waals surface area (Å²) in [6.07, 6.45) is 11.6. The van der Waals surface area contributed by atoms with Crippen LogP contribution in [0.15, 0.2) is 48.5 Å². The number of rotatable bonds is 8. The Bertz CT molecular complexity index is 742. The summed E-state index contributed by atoms with van der Waals surface area (Å²) in [6, 6.07) is 20.0. The average molecular weight is 374 g/mol. The van der Waals surface area contributed by atoms with Crippen LogP contribution in [0.5, 0.6) is 0 Å². The van der Waals surface area contributed by atoms with Crippen LogP contribution < -0.4 is 0 Å². The van der Waals surface area contributed by atoms with E-state index in [9.17, 15) is 0 Å². The van der Waals surface area contributed by atoms with Crippen LogP contribution in [0.4, 0.5) is 0 Å². The number of hydrogen-bond acceptors (Lipinski definition) is 1. The fourth-order valence-corrected chi connectivity index (χ4v) is 4.79. The van der Waals surface area contributed by atoms with Crippen molar-refractivity contribution in [2.75, 3.05) is 0 Å². The lowest BCUT2D eigenvalue weighted by Gasteiger charge is -2.29. The summed E-state index contributed by atoms with van der Waals surface area (Å²) in [5.41, 5.74) is 5.21. The van der Waals surface area contributed by atoms with Crippen LogP contribution in [0.25, 0.3) is 0 Å². The van der Waals surface area contributed by atoms with Crippen LogP contribution in [0.1, 0.15) is 99.3 Å². The van der Waals surface area contributed by atoms with E-state index >= 15 is 0 Å². The highest BCUT2D eigenvalue weighted by molar-refractivity contribution is 5.33. The highest BCUT2D eigenvalue weighted by atomic mass is 14.3. The van der Waals surface area contributed by atoms with Crippen LogP contribution in [-0.2, 0) is 6.42 Å². The summed E-state index contributed by atoms with van der Waals surface area (Å²) in [5, 5.41) is 8.97. The zero-order valence-corrected chi connectivity index (χ0v) is 17.7. The molecule has 0 heterocycles. The smallest absolute Gasteiger partial charge is 0.0991 e. The van der Waals surface area contributed by atoms with Crippen molar-refractivity contribution in [1.82, 2.24) is 0 Å². The number of benzene rings is 2. The van der Waals surface area contributed by atoms with E-state index in [1.54, 1.807) is 0 Å². The van der Waals surface area contributed by atoms with Gasteiger partial charge in [0.1, 0.15) is 0 Å². The monoisotopic (exact) mass is 373 g/mol. The maximum atomic E-state index is 8.97. The molecule has 2 aromatic rings. The molecule has 1 fully saturated rings. The molecule has 3 rings (SSSR count). The van der Waals surface area contributed by atoms with Gasteiger partial charge in [-0.3, -0.25) is 0 Å². The summed E-state index contributed by atoms with van der Waals surface area (Å²) in [7, 11) is 0. The Morgan fingerprint density at radius 3 is 1.86 bits per heavy atom. The fourth-order valence-electron chi connectivity index (χ4n) is 4.79. The van der Waals surface area contributed by atoms with Gasteiger partial charge in [0.15, 0.2) is 0 Å². The minimum atomic E-state index is 0.659. The normalized spacial score (nSPS) is 20.5. The first kappa shape index (κ1) is 20.7. The van der Waals surface area contributed by atoms with Gasteiger partial charge < -0.3 is 0 Å². The first-order valence-corrected chi connectivity index (χ1v) is 11.3. The van der Waals surface area contributed by atoms with Gasteiger partial charge in [0.05, 0.1) is 11.6 Å². The first-order valence-electron chi connectivity index (χ1n) is 11.3. The van der Waals surface area contributed by atoms with E-state index in [2.05, 4.69) is 56.3 Å². The number of nitrogens with zero attached hydrogens (tertiary/aromatic N) is 1. The Morgan fingerprint density at radius 2 is 1.39 bits per heavy atom. The molecule has 1 aliphatic carbocycles. The third-order valence-corrected chi connectivity index (χ3v) is 6.76. The maximum absolute atomic E-state index is 8.97. The van der Waals surface area contributed by atoms with Gasteiger partial charge in [-0.25, -0.2) is 0 Å². The molecule has 0 radical (unpaired) electrons. The molecular formula is C27H35N. The molecule has 1 saturated carbocycles. The third-order valence-electron chi connectivity index (χ3n) is 6.76. The van der Waals surface area contributed by atoms with E-state index < -0.39 is 0 Å². The van der Waals surface area contributed by atoms with Crippen molar-refractivity contribution in [3.63, 3.8) is 0 Å². The second-order valence-electron chi connectivity index (χ2n) is 8.64. The predicted octanol–water partition coefficient (Wildman–Crippen LogP) is 7.76. The molecule has 1 heteroatoms.